The SMILES string of the molecule is CCOC(=O)C1c2cc(OC)c(OC)cc2CC(=O)c2ccccc21. The molecule has 0 spiro atoms. The molecule has 0 aromatic heterocycles. The maximum absolute atomic E-state index is 12.7. The Hall–Kier alpha value is -2.82. The number of Topliss-reactive ketones (excluding diaryl/α,β-unsaturated/α-hetero) is 1. The van der Waals surface area contributed by atoms with Crippen molar-refractivity contribution in [2.45, 2.75) is 19.3 Å². The molecule has 0 radical (unpaired) electrons. The number of fused-ring (bicyclic) bond motifs is 2. The summed E-state index contributed by atoms with van der Waals surface area (Å²) >= 11 is 0. The maximum atomic E-state index is 12.7. The van der Waals surface area contributed by atoms with Gasteiger partial charge in [-0.1, -0.05) is 24.3 Å². The Kier molecular flexibility index (Phi) is 4.74. The van der Waals surface area contributed by atoms with E-state index in [1.807, 2.05) is 6.07 Å². The van der Waals surface area contributed by atoms with Crippen molar-refractivity contribution in [1.82, 2.24) is 0 Å². The lowest BCUT2D eigenvalue weighted by Gasteiger charge is -2.20. The van der Waals surface area contributed by atoms with Crippen LogP contribution in [0.1, 0.15) is 39.9 Å². The molecular weight excluding hydrogens is 320 g/mol. The molecule has 1 aliphatic rings. The van der Waals surface area contributed by atoms with Crippen LogP contribution < -0.4 is 9.47 Å². The zero-order valence-corrected chi connectivity index (χ0v) is 14.5. The lowest BCUT2D eigenvalue weighted by atomic mass is 9.87. The van der Waals surface area contributed by atoms with Crippen LogP contribution in [0.2, 0.25) is 0 Å². The fourth-order valence-electron chi connectivity index (χ4n) is 3.28. The Morgan fingerprint density at radius 2 is 1.76 bits per heavy atom. The predicted molar refractivity (Wildman–Crippen MR) is 92.5 cm³/mol. The number of carbonyl (C=O) groups is 2. The second kappa shape index (κ2) is 6.97. The van der Waals surface area contributed by atoms with Crippen molar-refractivity contribution in [2.75, 3.05) is 20.8 Å². The van der Waals surface area contributed by atoms with E-state index >= 15 is 0 Å². The fraction of sp³-hybridized carbons (Fsp3) is 0.300. The summed E-state index contributed by atoms with van der Waals surface area (Å²) in [7, 11) is 3.08. The summed E-state index contributed by atoms with van der Waals surface area (Å²) in [5.74, 6) is -0.0311. The van der Waals surface area contributed by atoms with Crippen LogP contribution in [-0.2, 0) is 16.0 Å². The molecule has 1 unspecified atom stereocenters. The maximum Gasteiger partial charge on any atom is 0.317 e. The molecule has 1 aliphatic carbocycles. The summed E-state index contributed by atoms with van der Waals surface area (Å²) in [4.78, 5) is 25.5. The van der Waals surface area contributed by atoms with E-state index in [0.717, 1.165) is 11.1 Å². The summed E-state index contributed by atoms with van der Waals surface area (Å²) in [5, 5.41) is 0. The van der Waals surface area contributed by atoms with Gasteiger partial charge in [-0.2, -0.15) is 0 Å². The zero-order valence-electron chi connectivity index (χ0n) is 14.5. The van der Waals surface area contributed by atoms with Crippen molar-refractivity contribution in [3.05, 3.63) is 58.7 Å². The molecule has 5 nitrogen and oxygen atoms in total. The summed E-state index contributed by atoms with van der Waals surface area (Å²) < 4.78 is 16.0. The molecule has 0 fully saturated rings. The summed E-state index contributed by atoms with van der Waals surface area (Å²) in [6, 6.07) is 10.7. The Balaban J connectivity index is 2.27. The van der Waals surface area contributed by atoms with E-state index in [1.165, 1.54) is 0 Å². The number of methoxy groups -OCH3 is 2. The van der Waals surface area contributed by atoms with Crippen LogP contribution in [0.4, 0.5) is 0 Å². The van der Waals surface area contributed by atoms with Gasteiger partial charge < -0.3 is 14.2 Å². The zero-order chi connectivity index (χ0) is 18.0. The van der Waals surface area contributed by atoms with Gasteiger partial charge in [-0.3, -0.25) is 9.59 Å². The third-order valence-electron chi connectivity index (χ3n) is 4.40. The molecule has 25 heavy (non-hydrogen) atoms. The third-order valence-corrected chi connectivity index (χ3v) is 4.40. The molecule has 0 aliphatic heterocycles. The van der Waals surface area contributed by atoms with E-state index < -0.39 is 5.92 Å². The number of hydrogen-bond acceptors (Lipinski definition) is 5. The molecule has 0 saturated heterocycles. The van der Waals surface area contributed by atoms with E-state index in [9.17, 15) is 9.59 Å². The first-order chi connectivity index (χ1) is 12.1. The van der Waals surface area contributed by atoms with Gasteiger partial charge in [-0.05, 0) is 35.7 Å². The Labute approximate surface area is 146 Å². The molecule has 0 saturated carbocycles. The van der Waals surface area contributed by atoms with Crippen LogP contribution in [-0.4, -0.2) is 32.6 Å². The van der Waals surface area contributed by atoms with Gasteiger partial charge in [0, 0.05) is 12.0 Å². The number of hydrogen-bond donors (Lipinski definition) is 0. The molecule has 0 amide bonds. The number of carbonyl (C=O) groups excluding carboxylic acids is 2. The van der Waals surface area contributed by atoms with Crippen LogP contribution in [0.3, 0.4) is 0 Å². The van der Waals surface area contributed by atoms with Gasteiger partial charge in [0.25, 0.3) is 0 Å². The molecule has 5 heteroatoms. The highest BCUT2D eigenvalue weighted by Crippen LogP contribution is 2.40. The quantitative estimate of drug-likeness (QED) is 0.800. The predicted octanol–water partition coefficient (Wildman–Crippen LogP) is 3.14. The van der Waals surface area contributed by atoms with E-state index in [0.29, 0.717) is 22.6 Å². The van der Waals surface area contributed by atoms with Crippen LogP contribution in [0.5, 0.6) is 11.5 Å². The minimum Gasteiger partial charge on any atom is -0.493 e. The third kappa shape index (κ3) is 2.97. The second-order valence-electron chi connectivity index (χ2n) is 5.78. The summed E-state index contributed by atoms with van der Waals surface area (Å²) in [6.07, 6.45) is 0.197. The van der Waals surface area contributed by atoms with Gasteiger partial charge in [0.2, 0.25) is 0 Å². The number of ether oxygens (including phenoxy) is 3. The number of benzene rings is 2. The van der Waals surface area contributed by atoms with Crippen molar-refractivity contribution in [3.8, 4) is 11.5 Å². The molecule has 2 aromatic carbocycles. The molecule has 0 heterocycles. The normalized spacial score (nSPS) is 15.6. The Bertz CT molecular complexity index is 825. The van der Waals surface area contributed by atoms with Crippen molar-refractivity contribution in [2.24, 2.45) is 0 Å². The van der Waals surface area contributed by atoms with E-state index in [2.05, 4.69) is 0 Å². The first-order valence-corrected chi connectivity index (χ1v) is 8.14. The highest BCUT2D eigenvalue weighted by molar-refractivity contribution is 6.02. The van der Waals surface area contributed by atoms with Gasteiger partial charge in [-0.25, -0.2) is 0 Å². The minimum atomic E-state index is -0.669. The van der Waals surface area contributed by atoms with Crippen molar-refractivity contribution >= 4 is 11.8 Å². The first kappa shape index (κ1) is 17.0. The largest absolute Gasteiger partial charge is 0.493 e. The van der Waals surface area contributed by atoms with Gasteiger partial charge in [0.15, 0.2) is 17.3 Å². The fourth-order valence-corrected chi connectivity index (χ4v) is 3.28. The van der Waals surface area contributed by atoms with Crippen molar-refractivity contribution < 1.29 is 23.8 Å². The minimum absolute atomic E-state index is 0.0316. The van der Waals surface area contributed by atoms with Crippen LogP contribution in [0, 0.1) is 0 Å². The van der Waals surface area contributed by atoms with Crippen LogP contribution in [0.25, 0.3) is 0 Å². The Morgan fingerprint density at radius 3 is 2.44 bits per heavy atom. The van der Waals surface area contributed by atoms with E-state index in [4.69, 9.17) is 14.2 Å². The smallest absolute Gasteiger partial charge is 0.317 e. The summed E-state index contributed by atoms with van der Waals surface area (Å²) in [5.41, 5.74) is 2.68. The van der Waals surface area contributed by atoms with E-state index in [-0.39, 0.29) is 24.8 Å². The van der Waals surface area contributed by atoms with Gasteiger partial charge in [0.1, 0.15) is 5.92 Å². The average molecular weight is 340 g/mol. The van der Waals surface area contributed by atoms with Gasteiger partial charge in [0.05, 0.1) is 20.8 Å². The van der Waals surface area contributed by atoms with Crippen molar-refractivity contribution in [1.29, 1.82) is 0 Å². The van der Waals surface area contributed by atoms with Crippen molar-refractivity contribution in [3.63, 3.8) is 0 Å². The standard InChI is InChI=1S/C20H20O5/c1-4-25-20(22)19-14-8-6-5-7-13(14)16(21)9-12-10-17(23-2)18(24-3)11-15(12)19/h5-8,10-11,19H,4,9H2,1-3H3. The molecule has 130 valence electrons. The monoisotopic (exact) mass is 340 g/mol. The van der Waals surface area contributed by atoms with Gasteiger partial charge in [-0.15, -0.1) is 0 Å². The lowest BCUT2D eigenvalue weighted by molar-refractivity contribution is -0.143. The molecule has 1 atom stereocenters. The topological polar surface area (TPSA) is 61.8 Å². The highest BCUT2D eigenvalue weighted by Gasteiger charge is 2.34. The molecule has 3 rings (SSSR count). The number of ketones is 1. The summed E-state index contributed by atoms with van der Waals surface area (Å²) in [6.45, 7) is 2.04. The molecule has 0 N–H and O–H groups in total. The number of rotatable bonds is 4. The second-order valence-corrected chi connectivity index (χ2v) is 5.78. The lowest BCUT2D eigenvalue weighted by Crippen LogP contribution is -2.19. The highest BCUT2D eigenvalue weighted by atomic mass is 16.5. The van der Waals surface area contributed by atoms with Gasteiger partial charge >= 0.3 is 5.97 Å². The van der Waals surface area contributed by atoms with Crippen LogP contribution in [0.15, 0.2) is 36.4 Å². The Morgan fingerprint density at radius 1 is 1.08 bits per heavy atom. The first-order valence-electron chi connectivity index (χ1n) is 8.14. The molecular formula is C20H20O5. The van der Waals surface area contributed by atoms with E-state index in [1.54, 1.807) is 51.5 Å². The molecule has 2 aromatic rings. The number of esters is 1. The van der Waals surface area contributed by atoms with Crippen LogP contribution >= 0.6 is 0 Å². The average Bonchev–Trinajstić information content (AvgIpc) is 2.74. The molecule has 0 bridgehead atoms.